The lowest BCUT2D eigenvalue weighted by atomic mass is 9.91. The van der Waals surface area contributed by atoms with Crippen molar-refractivity contribution in [3.8, 4) is 11.3 Å². The smallest absolute Gasteiger partial charge is 0.412 e. The van der Waals surface area contributed by atoms with Gasteiger partial charge in [0.1, 0.15) is 5.60 Å². The third-order valence-electron chi connectivity index (χ3n) is 6.56. The Bertz CT molecular complexity index is 1510. The van der Waals surface area contributed by atoms with E-state index in [4.69, 9.17) is 21.3 Å². The number of hydrogen-bond donors (Lipinski definition) is 3. The standard InChI is InChI=1S/C29H32ClN7O3/c1-29(2,3)40-28(39)35-19-12-10-18(11-13-19)26(38)33-20-7-6-8-21(15-20)34-27-31-17-23(30)25(36-27)22-16-32-37-14-5-4-9-24(22)37/h4-5,9-14,16-17,20-21H,6-8,15H2,1-3H3,(H,33,38)(H,35,39)(H,31,34,36). The van der Waals surface area contributed by atoms with Crippen LogP contribution >= 0.6 is 11.6 Å². The summed E-state index contributed by atoms with van der Waals surface area (Å²) in [5, 5.41) is 14.1. The first-order valence-corrected chi connectivity index (χ1v) is 13.7. The van der Waals surface area contributed by atoms with Crippen LogP contribution < -0.4 is 16.0 Å². The predicted molar refractivity (Wildman–Crippen MR) is 155 cm³/mol. The highest BCUT2D eigenvalue weighted by molar-refractivity contribution is 6.33. The van der Waals surface area contributed by atoms with E-state index in [9.17, 15) is 9.59 Å². The van der Waals surface area contributed by atoms with Gasteiger partial charge >= 0.3 is 6.09 Å². The molecule has 10 nitrogen and oxygen atoms in total. The zero-order valence-corrected chi connectivity index (χ0v) is 23.4. The highest BCUT2D eigenvalue weighted by Crippen LogP contribution is 2.30. The normalized spacial score (nSPS) is 17.3. The van der Waals surface area contributed by atoms with Crippen LogP contribution in [0, 0.1) is 0 Å². The summed E-state index contributed by atoms with van der Waals surface area (Å²) in [4.78, 5) is 34.0. The maximum Gasteiger partial charge on any atom is 0.412 e. The molecule has 0 spiro atoms. The summed E-state index contributed by atoms with van der Waals surface area (Å²) in [5.74, 6) is 0.326. The van der Waals surface area contributed by atoms with Crippen molar-refractivity contribution in [2.75, 3.05) is 10.6 Å². The van der Waals surface area contributed by atoms with Crippen LogP contribution in [0.4, 0.5) is 16.4 Å². The van der Waals surface area contributed by atoms with Crippen molar-refractivity contribution in [1.82, 2.24) is 24.9 Å². The summed E-state index contributed by atoms with van der Waals surface area (Å²) in [5.41, 5.74) is 2.84. The summed E-state index contributed by atoms with van der Waals surface area (Å²) in [6.45, 7) is 5.40. The number of ether oxygens (including phenoxy) is 1. The van der Waals surface area contributed by atoms with E-state index >= 15 is 0 Å². The minimum absolute atomic E-state index is 0.00435. The van der Waals surface area contributed by atoms with Crippen molar-refractivity contribution in [2.45, 2.75) is 64.1 Å². The molecule has 11 heteroatoms. The Morgan fingerprint density at radius 2 is 1.82 bits per heavy atom. The van der Waals surface area contributed by atoms with Crippen molar-refractivity contribution in [2.24, 2.45) is 0 Å². The zero-order valence-electron chi connectivity index (χ0n) is 22.6. The molecule has 1 aliphatic rings. The van der Waals surface area contributed by atoms with Gasteiger partial charge in [-0.15, -0.1) is 0 Å². The zero-order chi connectivity index (χ0) is 28.3. The molecule has 208 valence electrons. The molecule has 0 bridgehead atoms. The van der Waals surface area contributed by atoms with E-state index in [1.165, 1.54) is 0 Å². The number of benzene rings is 1. The number of halogens is 1. The molecular weight excluding hydrogens is 530 g/mol. The number of nitrogens with one attached hydrogen (secondary N) is 3. The molecule has 1 aliphatic carbocycles. The van der Waals surface area contributed by atoms with Gasteiger partial charge in [0.05, 0.1) is 28.6 Å². The van der Waals surface area contributed by atoms with Gasteiger partial charge in [0.2, 0.25) is 5.95 Å². The van der Waals surface area contributed by atoms with Gasteiger partial charge in [-0.2, -0.15) is 5.10 Å². The maximum absolute atomic E-state index is 12.9. The number of rotatable bonds is 6. The van der Waals surface area contributed by atoms with E-state index in [0.29, 0.717) is 27.9 Å². The number of fused-ring (bicyclic) bond motifs is 1. The van der Waals surface area contributed by atoms with Crippen molar-refractivity contribution < 1.29 is 14.3 Å². The Hall–Kier alpha value is -4.18. The number of carbonyl (C=O) groups is 2. The van der Waals surface area contributed by atoms with Crippen LogP contribution in [0.25, 0.3) is 16.8 Å². The lowest BCUT2D eigenvalue weighted by Crippen LogP contribution is -2.42. The molecule has 5 rings (SSSR count). The summed E-state index contributed by atoms with van der Waals surface area (Å²) in [6.07, 6.45) is 8.20. The second kappa shape index (κ2) is 11.5. The maximum atomic E-state index is 12.9. The van der Waals surface area contributed by atoms with Crippen LogP contribution in [-0.2, 0) is 4.74 Å². The van der Waals surface area contributed by atoms with Crippen LogP contribution in [0.2, 0.25) is 5.02 Å². The molecule has 2 atom stereocenters. The quantitative estimate of drug-likeness (QED) is 0.266. The van der Waals surface area contributed by atoms with E-state index in [1.54, 1.807) is 61.9 Å². The Balaban J connectivity index is 1.19. The Kier molecular flexibility index (Phi) is 7.88. The van der Waals surface area contributed by atoms with E-state index in [1.807, 2.05) is 24.4 Å². The van der Waals surface area contributed by atoms with E-state index in [2.05, 4.69) is 26.0 Å². The lowest BCUT2D eigenvalue weighted by Gasteiger charge is -2.30. The molecule has 4 aromatic rings. The van der Waals surface area contributed by atoms with Crippen LogP contribution in [0.15, 0.2) is 61.1 Å². The number of nitrogens with zero attached hydrogens (tertiary/aromatic N) is 4. The second-order valence-corrected chi connectivity index (χ2v) is 11.3. The summed E-state index contributed by atoms with van der Waals surface area (Å²) >= 11 is 6.47. The predicted octanol–water partition coefficient (Wildman–Crippen LogP) is 5.94. The first kappa shape index (κ1) is 27.4. The number of hydrogen-bond acceptors (Lipinski definition) is 7. The number of aromatic nitrogens is 4. The molecule has 0 saturated heterocycles. The molecular formula is C29H32ClN7O3. The number of pyridine rings is 1. The van der Waals surface area contributed by atoms with Crippen molar-refractivity contribution >= 4 is 40.8 Å². The van der Waals surface area contributed by atoms with Crippen molar-refractivity contribution in [3.63, 3.8) is 0 Å². The second-order valence-electron chi connectivity index (χ2n) is 10.9. The monoisotopic (exact) mass is 561 g/mol. The molecule has 0 radical (unpaired) electrons. The average molecular weight is 562 g/mol. The number of anilines is 2. The SMILES string of the molecule is CC(C)(C)OC(=O)Nc1ccc(C(=O)NC2CCCC(Nc3ncc(Cl)c(-c4cnn5ccccc45)n3)C2)cc1. The van der Waals surface area contributed by atoms with E-state index in [0.717, 1.165) is 36.8 Å². The molecule has 3 aromatic heterocycles. The minimum Gasteiger partial charge on any atom is -0.444 e. The van der Waals surface area contributed by atoms with Gasteiger partial charge in [-0.25, -0.2) is 19.3 Å². The fourth-order valence-corrected chi connectivity index (χ4v) is 4.97. The lowest BCUT2D eigenvalue weighted by molar-refractivity contribution is 0.0635. The number of carbonyl (C=O) groups excluding carboxylic acids is 2. The van der Waals surface area contributed by atoms with Gasteiger partial charge in [0, 0.05) is 35.1 Å². The molecule has 3 N–H and O–H groups in total. The fraction of sp³-hybridized carbons (Fsp3) is 0.345. The molecule has 3 heterocycles. The van der Waals surface area contributed by atoms with Gasteiger partial charge in [0.25, 0.3) is 5.91 Å². The molecule has 1 saturated carbocycles. The molecule has 0 aliphatic heterocycles. The molecule has 1 aromatic carbocycles. The van der Waals surface area contributed by atoms with Crippen LogP contribution in [0.3, 0.4) is 0 Å². The summed E-state index contributed by atoms with van der Waals surface area (Å²) in [7, 11) is 0. The Labute approximate surface area is 237 Å². The van der Waals surface area contributed by atoms with Crippen molar-refractivity contribution in [1.29, 1.82) is 0 Å². The third kappa shape index (κ3) is 6.69. The van der Waals surface area contributed by atoms with Gasteiger partial charge in [-0.05, 0) is 82.9 Å². The van der Waals surface area contributed by atoms with E-state index < -0.39 is 11.7 Å². The summed E-state index contributed by atoms with van der Waals surface area (Å²) < 4.78 is 7.04. The molecule has 2 amide bonds. The van der Waals surface area contributed by atoms with E-state index in [-0.39, 0.29) is 18.0 Å². The van der Waals surface area contributed by atoms with Gasteiger partial charge in [-0.3, -0.25) is 10.1 Å². The average Bonchev–Trinajstić information content (AvgIpc) is 3.33. The first-order chi connectivity index (χ1) is 19.1. The molecule has 40 heavy (non-hydrogen) atoms. The molecule has 1 fully saturated rings. The fourth-order valence-electron chi connectivity index (χ4n) is 4.77. The van der Waals surface area contributed by atoms with Gasteiger partial charge in [0.15, 0.2) is 0 Å². The van der Waals surface area contributed by atoms with Crippen molar-refractivity contribution in [3.05, 3.63) is 71.6 Å². The largest absolute Gasteiger partial charge is 0.444 e. The Morgan fingerprint density at radius 3 is 2.60 bits per heavy atom. The Morgan fingerprint density at radius 1 is 1.05 bits per heavy atom. The van der Waals surface area contributed by atoms with Gasteiger partial charge < -0.3 is 15.4 Å². The first-order valence-electron chi connectivity index (χ1n) is 13.3. The van der Waals surface area contributed by atoms with Crippen LogP contribution in [0.1, 0.15) is 56.8 Å². The van der Waals surface area contributed by atoms with Crippen LogP contribution in [0.5, 0.6) is 0 Å². The minimum atomic E-state index is -0.590. The third-order valence-corrected chi connectivity index (χ3v) is 6.84. The molecule has 2 unspecified atom stereocenters. The number of amides is 2. The summed E-state index contributed by atoms with van der Waals surface area (Å²) in [6, 6.07) is 12.7. The van der Waals surface area contributed by atoms with Crippen LogP contribution in [-0.4, -0.2) is 49.3 Å². The van der Waals surface area contributed by atoms with Gasteiger partial charge in [-0.1, -0.05) is 17.7 Å². The topological polar surface area (TPSA) is 123 Å². The highest BCUT2D eigenvalue weighted by atomic mass is 35.5. The highest BCUT2D eigenvalue weighted by Gasteiger charge is 2.25.